The Labute approximate surface area is 97.2 Å². The van der Waals surface area contributed by atoms with E-state index in [1.54, 1.807) is 12.4 Å². The van der Waals surface area contributed by atoms with Crippen LogP contribution in [0.25, 0.3) is 10.4 Å². The highest BCUT2D eigenvalue weighted by Gasteiger charge is 2.31. The van der Waals surface area contributed by atoms with E-state index in [1.165, 1.54) is 17.7 Å². The molecule has 2 aromatic heterocycles. The third kappa shape index (κ3) is 1.76. The van der Waals surface area contributed by atoms with Crippen LogP contribution in [0.15, 0.2) is 30.9 Å². The van der Waals surface area contributed by atoms with E-state index in [1.807, 2.05) is 12.1 Å². The molecule has 0 bridgehead atoms. The fourth-order valence-electron chi connectivity index (χ4n) is 1.60. The van der Waals surface area contributed by atoms with Crippen LogP contribution in [0.5, 0.6) is 0 Å². The average Bonchev–Trinajstić information content (AvgIpc) is 3.07. The Hall–Kier alpha value is -1.55. The van der Waals surface area contributed by atoms with Gasteiger partial charge in [0.2, 0.25) is 0 Å². The Morgan fingerprint density at radius 2 is 2.00 bits per heavy atom. The van der Waals surface area contributed by atoms with Crippen LogP contribution in [0.4, 0.5) is 0 Å². The maximum absolute atomic E-state index is 11.8. The maximum Gasteiger partial charge on any atom is 0.175 e. The molecular weight excluding hydrogens is 220 g/mol. The molecule has 0 saturated heterocycles. The molecule has 2 aromatic rings. The number of aromatic nitrogens is 2. The van der Waals surface area contributed by atoms with Crippen LogP contribution in [0.3, 0.4) is 0 Å². The lowest BCUT2D eigenvalue weighted by atomic mass is 10.2. The maximum atomic E-state index is 11.8. The van der Waals surface area contributed by atoms with Crippen LogP contribution in [-0.2, 0) is 0 Å². The van der Waals surface area contributed by atoms with Crippen LogP contribution in [0, 0.1) is 5.92 Å². The Bertz CT molecular complexity index is 517. The predicted molar refractivity (Wildman–Crippen MR) is 62.4 cm³/mol. The molecule has 1 aliphatic rings. The molecule has 4 heteroatoms. The van der Waals surface area contributed by atoms with Gasteiger partial charge in [-0.15, -0.1) is 11.3 Å². The van der Waals surface area contributed by atoms with Crippen molar-refractivity contribution in [3.63, 3.8) is 0 Å². The van der Waals surface area contributed by atoms with Crippen LogP contribution < -0.4 is 0 Å². The number of hydrogen-bond acceptors (Lipinski definition) is 4. The van der Waals surface area contributed by atoms with Gasteiger partial charge in [0, 0.05) is 28.8 Å². The van der Waals surface area contributed by atoms with E-state index in [0.29, 0.717) is 11.7 Å². The standard InChI is InChI=1S/C12H10N2OS/c15-12(8-1-2-8)11-4-3-10(16-11)9-5-13-7-14-6-9/h3-8H,1-2H2. The first-order valence-electron chi connectivity index (χ1n) is 5.24. The number of nitrogens with zero attached hydrogens (tertiary/aromatic N) is 2. The minimum atomic E-state index is 0.290. The second-order valence-electron chi connectivity index (χ2n) is 3.93. The van der Waals surface area contributed by atoms with Gasteiger partial charge >= 0.3 is 0 Å². The molecule has 1 aliphatic carbocycles. The molecule has 2 heterocycles. The summed E-state index contributed by atoms with van der Waals surface area (Å²) in [4.78, 5) is 21.7. The first-order valence-corrected chi connectivity index (χ1v) is 6.05. The van der Waals surface area contributed by atoms with Crippen LogP contribution >= 0.6 is 11.3 Å². The normalized spacial score (nSPS) is 15.0. The van der Waals surface area contributed by atoms with Gasteiger partial charge in [-0.3, -0.25) is 4.79 Å². The molecule has 0 unspecified atom stereocenters. The smallest absolute Gasteiger partial charge is 0.175 e. The zero-order chi connectivity index (χ0) is 11.0. The van der Waals surface area contributed by atoms with Gasteiger partial charge in [-0.1, -0.05) is 0 Å². The number of thiophene rings is 1. The quantitative estimate of drug-likeness (QED) is 0.761. The molecule has 0 atom stereocenters. The monoisotopic (exact) mass is 230 g/mol. The van der Waals surface area contributed by atoms with Gasteiger partial charge in [-0.05, 0) is 25.0 Å². The molecule has 3 rings (SSSR count). The van der Waals surface area contributed by atoms with Crippen molar-refractivity contribution in [1.82, 2.24) is 9.97 Å². The summed E-state index contributed by atoms with van der Waals surface area (Å²) in [6.45, 7) is 0. The zero-order valence-corrected chi connectivity index (χ0v) is 9.41. The minimum absolute atomic E-state index is 0.290. The largest absolute Gasteiger partial charge is 0.293 e. The third-order valence-corrected chi connectivity index (χ3v) is 3.79. The molecule has 0 aliphatic heterocycles. The fraction of sp³-hybridized carbons (Fsp3) is 0.250. The molecule has 3 nitrogen and oxygen atoms in total. The summed E-state index contributed by atoms with van der Waals surface area (Å²) in [6.07, 6.45) is 7.16. The topological polar surface area (TPSA) is 42.9 Å². The van der Waals surface area contributed by atoms with E-state index in [9.17, 15) is 4.79 Å². The van der Waals surface area contributed by atoms with Crippen molar-refractivity contribution >= 4 is 17.1 Å². The van der Waals surface area contributed by atoms with Gasteiger partial charge in [0.25, 0.3) is 0 Å². The molecule has 16 heavy (non-hydrogen) atoms. The van der Waals surface area contributed by atoms with Crippen molar-refractivity contribution in [2.24, 2.45) is 5.92 Å². The van der Waals surface area contributed by atoms with E-state index in [-0.39, 0.29) is 0 Å². The highest BCUT2D eigenvalue weighted by atomic mass is 32.1. The number of hydrogen-bond donors (Lipinski definition) is 0. The molecule has 1 saturated carbocycles. The number of carbonyl (C=O) groups excluding carboxylic acids is 1. The zero-order valence-electron chi connectivity index (χ0n) is 8.59. The van der Waals surface area contributed by atoms with Gasteiger partial charge in [-0.25, -0.2) is 9.97 Å². The summed E-state index contributed by atoms with van der Waals surface area (Å²) in [6, 6.07) is 3.88. The lowest BCUT2D eigenvalue weighted by molar-refractivity contribution is 0.0971. The molecule has 0 N–H and O–H groups in total. The molecule has 0 aromatic carbocycles. The SMILES string of the molecule is O=C(c1ccc(-c2cncnc2)s1)C1CC1. The van der Waals surface area contributed by atoms with Gasteiger partial charge in [0.15, 0.2) is 5.78 Å². The molecular formula is C12H10N2OS. The van der Waals surface area contributed by atoms with E-state index in [4.69, 9.17) is 0 Å². The van der Waals surface area contributed by atoms with E-state index >= 15 is 0 Å². The third-order valence-electron chi connectivity index (χ3n) is 2.64. The number of Topliss-reactive ketones (excluding diaryl/α,β-unsaturated/α-hetero) is 1. The summed E-state index contributed by atoms with van der Waals surface area (Å²) in [5, 5.41) is 0. The van der Waals surface area contributed by atoms with Crippen molar-refractivity contribution in [3.8, 4) is 10.4 Å². The van der Waals surface area contributed by atoms with Crippen LogP contribution in [0.1, 0.15) is 22.5 Å². The summed E-state index contributed by atoms with van der Waals surface area (Å²) >= 11 is 1.53. The van der Waals surface area contributed by atoms with Crippen molar-refractivity contribution in [3.05, 3.63) is 35.7 Å². The molecule has 0 amide bonds. The number of rotatable bonds is 3. The van der Waals surface area contributed by atoms with Crippen molar-refractivity contribution < 1.29 is 4.79 Å². The van der Waals surface area contributed by atoms with Crippen molar-refractivity contribution in [2.45, 2.75) is 12.8 Å². The van der Waals surface area contributed by atoms with Gasteiger partial charge in [0.1, 0.15) is 6.33 Å². The fourth-order valence-corrected chi connectivity index (χ4v) is 2.60. The van der Waals surface area contributed by atoms with Crippen molar-refractivity contribution in [1.29, 1.82) is 0 Å². The second kappa shape index (κ2) is 3.79. The summed E-state index contributed by atoms with van der Waals surface area (Å²) in [5.74, 6) is 0.589. The minimum Gasteiger partial charge on any atom is -0.293 e. The highest BCUT2D eigenvalue weighted by molar-refractivity contribution is 7.17. The van der Waals surface area contributed by atoms with E-state index in [2.05, 4.69) is 9.97 Å². The van der Waals surface area contributed by atoms with E-state index < -0.39 is 0 Å². The number of ketones is 1. The van der Waals surface area contributed by atoms with Crippen LogP contribution in [0.2, 0.25) is 0 Å². The lowest BCUT2D eigenvalue weighted by Gasteiger charge is -1.94. The van der Waals surface area contributed by atoms with Crippen molar-refractivity contribution in [2.75, 3.05) is 0 Å². The Morgan fingerprint density at radius 1 is 1.25 bits per heavy atom. The lowest BCUT2D eigenvalue weighted by Crippen LogP contribution is -1.96. The predicted octanol–water partition coefficient (Wildman–Crippen LogP) is 2.80. The summed E-state index contributed by atoms with van der Waals surface area (Å²) < 4.78 is 0. The summed E-state index contributed by atoms with van der Waals surface area (Å²) in [5.41, 5.74) is 0.974. The Balaban J connectivity index is 1.90. The summed E-state index contributed by atoms with van der Waals surface area (Å²) in [7, 11) is 0. The molecule has 1 fully saturated rings. The average molecular weight is 230 g/mol. The Kier molecular flexibility index (Phi) is 2.29. The first kappa shape index (κ1) is 9.66. The first-order chi connectivity index (χ1) is 7.84. The Morgan fingerprint density at radius 3 is 2.69 bits per heavy atom. The van der Waals surface area contributed by atoms with Gasteiger partial charge in [-0.2, -0.15) is 0 Å². The van der Waals surface area contributed by atoms with E-state index in [0.717, 1.165) is 28.2 Å². The molecule has 0 spiro atoms. The molecule has 0 radical (unpaired) electrons. The van der Waals surface area contributed by atoms with Crippen LogP contribution in [-0.4, -0.2) is 15.8 Å². The molecule has 80 valence electrons. The number of carbonyl (C=O) groups is 1. The highest BCUT2D eigenvalue weighted by Crippen LogP contribution is 2.36. The van der Waals surface area contributed by atoms with Gasteiger partial charge in [0.05, 0.1) is 4.88 Å². The second-order valence-corrected chi connectivity index (χ2v) is 5.01. The van der Waals surface area contributed by atoms with Gasteiger partial charge < -0.3 is 0 Å².